The number of ether oxygens (including phenoxy) is 1. The number of likely N-dealkylation sites (tertiary alicyclic amines) is 1. The Morgan fingerprint density at radius 3 is 2.83 bits per heavy atom. The number of rotatable bonds is 4. The van der Waals surface area contributed by atoms with E-state index >= 15 is 0 Å². The zero-order valence-corrected chi connectivity index (χ0v) is 15.0. The Balaban J connectivity index is 1.84. The van der Waals surface area contributed by atoms with Gasteiger partial charge in [0.1, 0.15) is 5.60 Å². The number of aromatic nitrogens is 1. The first-order valence-electron chi connectivity index (χ1n) is 8.35. The molecule has 0 radical (unpaired) electrons. The molecule has 2 rings (SSSR count). The second kappa shape index (κ2) is 7.30. The van der Waals surface area contributed by atoms with Gasteiger partial charge in [-0.05, 0) is 59.2 Å². The van der Waals surface area contributed by atoms with Crippen LogP contribution in [-0.2, 0) is 4.74 Å². The van der Waals surface area contributed by atoms with Crippen molar-refractivity contribution in [2.45, 2.75) is 45.8 Å². The summed E-state index contributed by atoms with van der Waals surface area (Å²) in [6, 6.07) is 6.29. The van der Waals surface area contributed by atoms with Gasteiger partial charge < -0.3 is 9.64 Å². The first-order chi connectivity index (χ1) is 10.8. The molecule has 1 aliphatic rings. The minimum Gasteiger partial charge on any atom is -0.444 e. The molecule has 1 aromatic heterocycles. The third kappa shape index (κ3) is 5.20. The predicted octanol–water partition coefficient (Wildman–Crippen LogP) is 3.33. The van der Waals surface area contributed by atoms with Crippen molar-refractivity contribution in [1.29, 1.82) is 0 Å². The third-order valence-electron chi connectivity index (χ3n) is 4.26. The maximum absolute atomic E-state index is 12.1. The number of carbonyl (C=O) groups is 1. The molecule has 0 saturated carbocycles. The average molecular weight is 319 g/mol. The smallest absolute Gasteiger partial charge is 0.410 e. The van der Waals surface area contributed by atoms with Crippen molar-refractivity contribution in [2.24, 2.45) is 5.92 Å². The van der Waals surface area contributed by atoms with E-state index in [-0.39, 0.29) is 12.1 Å². The van der Waals surface area contributed by atoms with Crippen molar-refractivity contribution in [3.8, 4) is 0 Å². The van der Waals surface area contributed by atoms with Crippen LogP contribution in [0.25, 0.3) is 0 Å². The second-order valence-corrected chi connectivity index (χ2v) is 7.45. The molecular weight excluding hydrogens is 290 g/mol. The first kappa shape index (κ1) is 17.7. The Kier molecular flexibility index (Phi) is 5.63. The largest absolute Gasteiger partial charge is 0.444 e. The van der Waals surface area contributed by atoms with Gasteiger partial charge >= 0.3 is 6.09 Å². The molecule has 0 N–H and O–H groups in total. The molecule has 2 heterocycles. The van der Waals surface area contributed by atoms with E-state index in [9.17, 15) is 4.79 Å². The number of carbonyl (C=O) groups excluding carboxylic acids is 1. The van der Waals surface area contributed by atoms with Crippen LogP contribution in [0.5, 0.6) is 0 Å². The highest BCUT2D eigenvalue weighted by molar-refractivity contribution is 5.68. The summed E-state index contributed by atoms with van der Waals surface area (Å²) in [4.78, 5) is 20.7. The van der Waals surface area contributed by atoms with Gasteiger partial charge in [-0.1, -0.05) is 6.07 Å². The monoisotopic (exact) mass is 319 g/mol. The zero-order valence-electron chi connectivity index (χ0n) is 15.0. The molecule has 1 aliphatic heterocycles. The van der Waals surface area contributed by atoms with Crippen molar-refractivity contribution in [2.75, 3.05) is 26.7 Å². The molecule has 1 fully saturated rings. The lowest BCUT2D eigenvalue weighted by Gasteiger charge is -2.27. The second-order valence-electron chi connectivity index (χ2n) is 7.45. The Bertz CT molecular complexity index is 513. The van der Waals surface area contributed by atoms with Gasteiger partial charge in [-0.2, -0.15) is 0 Å². The molecule has 5 heteroatoms. The molecule has 0 aromatic carbocycles. The third-order valence-corrected chi connectivity index (χ3v) is 4.26. The Morgan fingerprint density at radius 2 is 2.22 bits per heavy atom. The molecule has 1 aromatic rings. The van der Waals surface area contributed by atoms with Gasteiger partial charge in [-0.25, -0.2) is 4.79 Å². The fourth-order valence-electron chi connectivity index (χ4n) is 2.89. The van der Waals surface area contributed by atoms with Crippen LogP contribution < -0.4 is 0 Å². The maximum atomic E-state index is 12.1. The van der Waals surface area contributed by atoms with Gasteiger partial charge in [0.15, 0.2) is 0 Å². The van der Waals surface area contributed by atoms with Crippen molar-refractivity contribution in [3.05, 3.63) is 30.1 Å². The minimum atomic E-state index is -0.431. The highest BCUT2D eigenvalue weighted by atomic mass is 16.6. The molecule has 0 spiro atoms. The van der Waals surface area contributed by atoms with Crippen LogP contribution >= 0.6 is 0 Å². The van der Waals surface area contributed by atoms with Crippen LogP contribution in [0, 0.1) is 5.92 Å². The van der Waals surface area contributed by atoms with Crippen LogP contribution in [0.2, 0.25) is 0 Å². The van der Waals surface area contributed by atoms with Crippen molar-refractivity contribution < 1.29 is 9.53 Å². The normalized spacial score (nSPS) is 19.9. The number of hydrogen-bond donors (Lipinski definition) is 0. The first-order valence-corrected chi connectivity index (χ1v) is 8.35. The summed E-state index contributed by atoms with van der Waals surface area (Å²) in [5.41, 5.74) is 0.649. The standard InChI is InChI=1S/C18H29N3O2/c1-14(16-8-6-7-10-19-16)20(5)12-15-9-11-21(13-15)17(22)23-18(2,3)4/h6-8,10,14-15H,9,11-13H2,1-5H3/t14-,15-/m1/s1. The van der Waals surface area contributed by atoms with E-state index in [0.717, 1.165) is 31.7 Å². The molecule has 1 amide bonds. The van der Waals surface area contributed by atoms with Crippen LogP contribution in [-0.4, -0.2) is 53.2 Å². The quantitative estimate of drug-likeness (QED) is 0.854. The molecule has 128 valence electrons. The highest BCUT2D eigenvalue weighted by Gasteiger charge is 2.30. The SMILES string of the molecule is C[C@H](c1ccccn1)N(C)C[C@H]1CCN(C(=O)OC(C)(C)C)C1. The lowest BCUT2D eigenvalue weighted by molar-refractivity contribution is 0.0285. The van der Waals surface area contributed by atoms with Crippen LogP contribution in [0.4, 0.5) is 4.79 Å². The van der Waals surface area contributed by atoms with Gasteiger partial charge in [-0.3, -0.25) is 9.88 Å². The van der Waals surface area contributed by atoms with Gasteiger partial charge in [0.2, 0.25) is 0 Å². The van der Waals surface area contributed by atoms with E-state index in [4.69, 9.17) is 4.74 Å². The molecule has 23 heavy (non-hydrogen) atoms. The molecule has 0 aliphatic carbocycles. The van der Waals surface area contributed by atoms with E-state index < -0.39 is 5.60 Å². The van der Waals surface area contributed by atoms with Crippen molar-refractivity contribution >= 4 is 6.09 Å². The summed E-state index contributed by atoms with van der Waals surface area (Å²) in [5, 5.41) is 0. The van der Waals surface area contributed by atoms with Crippen LogP contribution in [0.3, 0.4) is 0 Å². The van der Waals surface area contributed by atoms with E-state index in [1.807, 2.05) is 44.0 Å². The number of nitrogens with zero attached hydrogens (tertiary/aromatic N) is 3. The molecular formula is C18H29N3O2. The van der Waals surface area contributed by atoms with E-state index in [2.05, 4.69) is 29.9 Å². The van der Waals surface area contributed by atoms with Gasteiger partial charge in [0, 0.05) is 31.9 Å². The molecule has 2 atom stereocenters. The van der Waals surface area contributed by atoms with Gasteiger partial charge in [0.25, 0.3) is 0 Å². The van der Waals surface area contributed by atoms with E-state index in [1.165, 1.54) is 0 Å². The number of amides is 1. The fourth-order valence-corrected chi connectivity index (χ4v) is 2.89. The summed E-state index contributed by atoms with van der Waals surface area (Å²) < 4.78 is 5.46. The maximum Gasteiger partial charge on any atom is 0.410 e. The predicted molar refractivity (Wildman–Crippen MR) is 91.2 cm³/mol. The highest BCUT2D eigenvalue weighted by Crippen LogP contribution is 2.23. The van der Waals surface area contributed by atoms with Crippen LogP contribution in [0.15, 0.2) is 24.4 Å². The number of hydrogen-bond acceptors (Lipinski definition) is 4. The van der Waals surface area contributed by atoms with Gasteiger partial charge in [-0.15, -0.1) is 0 Å². The molecule has 5 nitrogen and oxygen atoms in total. The summed E-state index contributed by atoms with van der Waals surface area (Å²) in [6.07, 6.45) is 2.67. The Labute approximate surface area is 139 Å². The average Bonchev–Trinajstić information content (AvgIpc) is 2.94. The molecule has 0 unspecified atom stereocenters. The fraction of sp³-hybridized carbons (Fsp3) is 0.667. The molecule has 0 bridgehead atoms. The van der Waals surface area contributed by atoms with E-state index in [0.29, 0.717) is 5.92 Å². The topological polar surface area (TPSA) is 45.7 Å². The summed E-state index contributed by atoms with van der Waals surface area (Å²) >= 11 is 0. The summed E-state index contributed by atoms with van der Waals surface area (Å²) in [6.45, 7) is 10.4. The Morgan fingerprint density at radius 1 is 1.48 bits per heavy atom. The minimum absolute atomic E-state index is 0.194. The molecule has 1 saturated heterocycles. The van der Waals surface area contributed by atoms with E-state index in [1.54, 1.807) is 0 Å². The summed E-state index contributed by atoms with van der Waals surface area (Å²) in [7, 11) is 2.12. The number of pyridine rings is 1. The zero-order chi connectivity index (χ0) is 17.0. The van der Waals surface area contributed by atoms with Crippen molar-refractivity contribution in [1.82, 2.24) is 14.8 Å². The van der Waals surface area contributed by atoms with Gasteiger partial charge in [0.05, 0.1) is 5.69 Å². The lowest BCUT2D eigenvalue weighted by atomic mass is 10.1. The van der Waals surface area contributed by atoms with Crippen LogP contribution in [0.1, 0.15) is 45.9 Å². The summed E-state index contributed by atoms with van der Waals surface area (Å²) in [5.74, 6) is 0.485. The lowest BCUT2D eigenvalue weighted by Crippen LogP contribution is -2.36. The Hall–Kier alpha value is -1.62. The van der Waals surface area contributed by atoms with Crippen molar-refractivity contribution in [3.63, 3.8) is 0 Å².